The molecule has 0 saturated carbocycles. The monoisotopic (exact) mass is 174 g/mol. The van der Waals surface area contributed by atoms with E-state index in [-0.39, 0.29) is 12.6 Å². The number of aliphatic hydroxyl groups excluding tert-OH is 1. The van der Waals surface area contributed by atoms with Gasteiger partial charge in [0.05, 0.1) is 6.61 Å². The Morgan fingerprint density at radius 2 is 1.92 bits per heavy atom. The molecule has 1 unspecified atom stereocenters. The van der Waals surface area contributed by atoms with Crippen LogP contribution in [0, 0.1) is 5.41 Å². The minimum atomic E-state index is -0.114. The molecule has 12 heavy (non-hydrogen) atoms. The predicted molar refractivity (Wildman–Crippen MR) is 52.0 cm³/mol. The van der Waals surface area contributed by atoms with E-state index in [1.165, 1.54) is 0 Å². The molecule has 3 N–H and O–H groups in total. The average molecular weight is 174 g/mol. The van der Waals surface area contributed by atoms with Crippen molar-refractivity contribution in [2.24, 2.45) is 11.1 Å². The van der Waals surface area contributed by atoms with Gasteiger partial charge in [0.1, 0.15) is 0 Å². The number of hydrogen-bond donors (Lipinski definition) is 2. The molecule has 0 radical (unpaired) electrons. The van der Waals surface area contributed by atoms with Crippen molar-refractivity contribution >= 4 is 0 Å². The lowest BCUT2D eigenvalue weighted by Crippen LogP contribution is -2.40. The third kappa shape index (κ3) is 6.58. The van der Waals surface area contributed by atoms with Gasteiger partial charge in [-0.2, -0.15) is 0 Å². The summed E-state index contributed by atoms with van der Waals surface area (Å²) in [5.74, 6) is 0. The van der Waals surface area contributed by atoms with Crippen LogP contribution in [0.2, 0.25) is 0 Å². The Kier molecular flexibility index (Phi) is 4.75. The summed E-state index contributed by atoms with van der Waals surface area (Å²) in [7, 11) is 2.03. The van der Waals surface area contributed by atoms with E-state index in [4.69, 9.17) is 10.8 Å². The van der Waals surface area contributed by atoms with E-state index in [1.807, 2.05) is 7.05 Å². The van der Waals surface area contributed by atoms with E-state index in [9.17, 15) is 0 Å². The largest absolute Gasteiger partial charge is 0.395 e. The summed E-state index contributed by atoms with van der Waals surface area (Å²) < 4.78 is 0. The predicted octanol–water partition coefficient (Wildman–Crippen LogP) is 0.284. The second-order valence-corrected chi connectivity index (χ2v) is 4.70. The number of hydrogen-bond acceptors (Lipinski definition) is 3. The van der Waals surface area contributed by atoms with Crippen LogP contribution in [0.25, 0.3) is 0 Å². The van der Waals surface area contributed by atoms with Crippen molar-refractivity contribution in [1.82, 2.24) is 4.90 Å². The zero-order chi connectivity index (χ0) is 9.78. The van der Waals surface area contributed by atoms with Gasteiger partial charge in [0, 0.05) is 19.1 Å². The van der Waals surface area contributed by atoms with Gasteiger partial charge in [-0.05, 0) is 12.5 Å². The zero-order valence-corrected chi connectivity index (χ0v) is 8.67. The molecule has 0 aromatic carbocycles. The molecule has 0 aliphatic carbocycles. The molecule has 0 aromatic rings. The lowest BCUT2D eigenvalue weighted by atomic mass is 9.96. The Labute approximate surface area is 75.6 Å². The molecule has 0 spiro atoms. The molecular formula is C9H22N2O. The zero-order valence-electron chi connectivity index (χ0n) is 8.67. The highest BCUT2D eigenvalue weighted by atomic mass is 16.3. The molecule has 0 fully saturated rings. The van der Waals surface area contributed by atoms with Gasteiger partial charge in [0.25, 0.3) is 0 Å². The Bertz CT molecular complexity index is 120. The van der Waals surface area contributed by atoms with Crippen LogP contribution in [0.1, 0.15) is 20.8 Å². The first-order chi connectivity index (χ1) is 5.35. The van der Waals surface area contributed by atoms with Gasteiger partial charge >= 0.3 is 0 Å². The maximum Gasteiger partial charge on any atom is 0.0595 e. The van der Waals surface area contributed by atoms with Gasteiger partial charge in [0.15, 0.2) is 0 Å². The SMILES string of the molecule is CN(CC(N)CO)CC(C)(C)C. The van der Waals surface area contributed by atoms with Crippen LogP contribution >= 0.6 is 0 Å². The minimum absolute atomic E-state index is 0.0640. The van der Waals surface area contributed by atoms with Crippen molar-refractivity contribution in [2.75, 3.05) is 26.7 Å². The molecule has 74 valence electrons. The van der Waals surface area contributed by atoms with Crippen molar-refractivity contribution in [3.05, 3.63) is 0 Å². The second kappa shape index (κ2) is 4.80. The van der Waals surface area contributed by atoms with Gasteiger partial charge in [-0.25, -0.2) is 0 Å². The van der Waals surface area contributed by atoms with Gasteiger partial charge in [-0.1, -0.05) is 20.8 Å². The van der Waals surface area contributed by atoms with Gasteiger partial charge in [0.2, 0.25) is 0 Å². The lowest BCUT2D eigenvalue weighted by molar-refractivity contribution is 0.184. The van der Waals surface area contributed by atoms with Crippen LogP contribution in [0.15, 0.2) is 0 Å². The number of nitrogens with zero attached hydrogens (tertiary/aromatic N) is 1. The van der Waals surface area contributed by atoms with Crippen LogP contribution in [0.4, 0.5) is 0 Å². The van der Waals surface area contributed by atoms with Gasteiger partial charge in [-0.15, -0.1) is 0 Å². The molecule has 0 rings (SSSR count). The Morgan fingerprint density at radius 3 is 2.25 bits per heavy atom. The molecule has 0 aliphatic heterocycles. The first-order valence-electron chi connectivity index (χ1n) is 4.40. The molecule has 0 aromatic heterocycles. The van der Waals surface area contributed by atoms with Crippen LogP contribution in [0.5, 0.6) is 0 Å². The maximum absolute atomic E-state index is 8.73. The van der Waals surface area contributed by atoms with Crippen molar-refractivity contribution < 1.29 is 5.11 Å². The first-order valence-corrected chi connectivity index (χ1v) is 4.40. The Morgan fingerprint density at radius 1 is 1.42 bits per heavy atom. The van der Waals surface area contributed by atoms with Crippen molar-refractivity contribution in [2.45, 2.75) is 26.8 Å². The lowest BCUT2D eigenvalue weighted by Gasteiger charge is -2.27. The van der Waals surface area contributed by atoms with Crippen molar-refractivity contribution in [1.29, 1.82) is 0 Å². The maximum atomic E-state index is 8.73. The number of nitrogens with two attached hydrogens (primary N) is 1. The fraction of sp³-hybridized carbons (Fsp3) is 1.00. The molecule has 1 atom stereocenters. The molecule has 0 saturated heterocycles. The standard InChI is InChI=1S/C9H22N2O/c1-9(2,3)7-11(4)5-8(10)6-12/h8,12H,5-7,10H2,1-4H3. The summed E-state index contributed by atoms with van der Waals surface area (Å²) >= 11 is 0. The third-order valence-electron chi connectivity index (χ3n) is 1.52. The Hall–Kier alpha value is -0.120. The van der Waals surface area contributed by atoms with Crippen molar-refractivity contribution in [3.63, 3.8) is 0 Å². The van der Waals surface area contributed by atoms with E-state index in [1.54, 1.807) is 0 Å². The summed E-state index contributed by atoms with van der Waals surface area (Å²) in [6.07, 6.45) is 0. The third-order valence-corrected chi connectivity index (χ3v) is 1.52. The minimum Gasteiger partial charge on any atom is -0.395 e. The summed E-state index contributed by atoms with van der Waals surface area (Å²) in [6, 6.07) is -0.114. The van der Waals surface area contributed by atoms with E-state index in [0.717, 1.165) is 13.1 Å². The Balaban J connectivity index is 3.66. The molecule has 0 heterocycles. The van der Waals surface area contributed by atoms with Gasteiger partial charge in [-0.3, -0.25) is 0 Å². The molecule has 0 aliphatic rings. The van der Waals surface area contributed by atoms with Crippen LogP contribution < -0.4 is 5.73 Å². The van der Waals surface area contributed by atoms with E-state index in [0.29, 0.717) is 5.41 Å². The summed E-state index contributed by atoms with van der Waals surface area (Å²) in [4.78, 5) is 2.15. The number of rotatable bonds is 4. The van der Waals surface area contributed by atoms with E-state index >= 15 is 0 Å². The van der Waals surface area contributed by atoms with Crippen LogP contribution in [0.3, 0.4) is 0 Å². The van der Waals surface area contributed by atoms with Crippen LogP contribution in [-0.4, -0.2) is 42.8 Å². The van der Waals surface area contributed by atoms with Gasteiger partial charge < -0.3 is 15.7 Å². The highest BCUT2D eigenvalue weighted by Crippen LogP contribution is 2.13. The molecule has 0 bridgehead atoms. The average Bonchev–Trinajstić information content (AvgIpc) is 1.82. The fourth-order valence-electron chi connectivity index (χ4n) is 1.33. The summed E-state index contributed by atoms with van der Waals surface area (Å²) in [5, 5.41) is 8.73. The van der Waals surface area contributed by atoms with Crippen molar-refractivity contribution in [3.8, 4) is 0 Å². The second-order valence-electron chi connectivity index (χ2n) is 4.70. The summed E-state index contributed by atoms with van der Waals surface area (Å²) in [5.41, 5.74) is 5.90. The normalized spacial score (nSPS) is 15.2. The fourth-order valence-corrected chi connectivity index (χ4v) is 1.33. The quantitative estimate of drug-likeness (QED) is 0.644. The molecule has 3 nitrogen and oxygen atoms in total. The summed E-state index contributed by atoms with van der Waals surface area (Å²) in [6.45, 7) is 8.39. The number of aliphatic hydroxyl groups is 1. The highest BCUT2D eigenvalue weighted by molar-refractivity contribution is 4.70. The smallest absolute Gasteiger partial charge is 0.0595 e. The first kappa shape index (κ1) is 11.9. The topological polar surface area (TPSA) is 49.5 Å². The van der Waals surface area contributed by atoms with Crippen LogP contribution in [-0.2, 0) is 0 Å². The molecule has 0 amide bonds. The van der Waals surface area contributed by atoms with E-state index in [2.05, 4.69) is 25.7 Å². The number of likely N-dealkylation sites (N-methyl/N-ethyl adjacent to an activating group) is 1. The van der Waals surface area contributed by atoms with E-state index < -0.39 is 0 Å². The molecule has 3 heteroatoms. The molecular weight excluding hydrogens is 152 g/mol. The highest BCUT2D eigenvalue weighted by Gasteiger charge is 2.14.